The van der Waals surface area contributed by atoms with Crippen LogP contribution in [0.5, 0.6) is 11.5 Å². The summed E-state index contributed by atoms with van der Waals surface area (Å²) >= 11 is 0. The average molecular weight is 301 g/mol. The highest BCUT2D eigenvalue weighted by Gasteiger charge is 2.12. The molecule has 0 fully saturated rings. The SMILES string of the molecule is COC(=O)c1ccc(Oc2ccc([N+](=O)[O-])cc2C)cc1C. The molecule has 0 N–H and O–H groups in total. The lowest BCUT2D eigenvalue weighted by Crippen LogP contribution is -2.03. The summed E-state index contributed by atoms with van der Waals surface area (Å²) in [6.45, 7) is 3.51. The van der Waals surface area contributed by atoms with E-state index in [1.54, 1.807) is 38.1 Å². The second-order valence-corrected chi connectivity index (χ2v) is 4.78. The summed E-state index contributed by atoms with van der Waals surface area (Å²) < 4.78 is 10.4. The van der Waals surface area contributed by atoms with Crippen molar-refractivity contribution < 1.29 is 19.2 Å². The fraction of sp³-hybridized carbons (Fsp3) is 0.188. The van der Waals surface area contributed by atoms with Crippen LogP contribution < -0.4 is 4.74 Å². The third kappa shape index (κ3) is 3.22. The van der Waals surface area contributed by atoms with Gasteiger partial charge < -0.3 is 9.47 Å². The first-order valence-electron chi connectivity index (χ1n) is 6.54. The zero-order valence-electron chi connectivity index (χ0n) is 12.5. The summed E-state index contributed by atoms with van der Waals surface area (Å²) in [6.07, 6.45) is 0. The molecule has 0 aliphatic rings. The molecule has 0 saturated heterocycles. The van der Waals surface area contributed by atoms with Gasteiger partial charge in [-0.3, -0.25) is 10.1 Å². The van der Waals surface area contributed by atoms with E-state index in [2.05, 4.69) is 4.74 Å². The molecule has 0 spiro atoms. The first-order valence-corrected chi connectivity index (χ1v) is 6.54. The van der Waals surface area contributed by atoms with E-state index < -0.39 is 10.9 Å². The summed E-state index contributed by atoms with van der Waals surface area (Å²) in [5.74, 6) is 0.661. The minimum Gasteiger partial charge on any atom is -0.465 e. The second-order valence-electron chi connectivity index (χ2n) is 4.78. The molecule has 2 aromatic carbocycles. The predicted molar refractivity (Wildman–Crippen MR) is 80.4 cm³/mol. The predicted octanol–water partition coefficient (Wildman–Crippen LogP) is 3.79. The van der Waals surface area contributed by atoms with Crippen molar-refractivity contribution in [3.8, 4) is 11.5 Å². The Balaban J connectivity index is 2.26. The van der Waals surface area contributed by atoms with Crippen molar-refractivity contribution in [1.29, 1.82) is 0 Å². The van der Waals surface area contributed by atoms with Gasteiger partial charge in [-0.25, -0.2) is 4.79 Å². The summed E-state index contributed by atoms with van der Waals surface area (Å²) in [4.78, 5) is 21.8. The molecular formula is C16H15NO5. The molecule has 0 aromatic heterocycles. The molecule has 0 saturated carbocycles. The number of ether oxygens (including phenoxy) is 2. The van der Waals surface area contributed by atoms with Crippen LogP contribution in [0.2, 0.25) is 0 Å². The zero-order valence-corrected chi connectivity index (χ0v) is 12.5. The standard InChI is InChI=1S/C16H15NO5/c1-10-9-13(5-6-14(10)16(18)21-3)22-15-7-4-12(17(19)20)8-11(15)2/h4-9H,1-3H3. The fourth-order valence-electron chi connectivity index (χ4n) is 2.03. The maximum Gasteiger partial charge on any atom is 0.338 e. The molecule has 0 amide bonds. The number of nitrogens with zero attached hydrogens (tertiary/aromatic N) is 1. The Labute approximate surface area is 127 Å². The van der Waals surface area contributed by atoms with E-state index in [0.717, 1.165) is 5.56 Å². The topological polar surface area (TPSA) is 78.7 Å². The van der Waals surface area contributed by atoms with Gasteiger partial charge in [0.15, 0.2) is 0 Å². The van der Waals surface area contributed by atoms with Crippen molar-refractivity contribution in [2.45, 2.75) is 13.8 Å². The van der Waals surface area contributed by atoms with Crippen molar-refractivity contribution >= 4 is 11.7 Å². The first-order chi connectivity index (χ1) is 10.4. The Morgan fingerprint density at radius 1 is 1.09 bits per heavy atom. The highest BCUT2D eigenvalue weighted by atomic mass is 16.6. The fourth-order valence-corrected chi connectivity index (χ4v) is 2.03. The van der Waals surface area contributed by atoms with Crippen molar-refractivity contribution in [3.05, 3.63) is 63.2 Å². The molecule has 0 bridgehead atoms. The number of methoxy groups -OCH3 is 1. The molecule has 6 nitrogen and oxygen atoms in total. The van der Waals surface area contributed by atoms with E-state index in [4.69, 9.17) is 4.74 Å². The molecular weight excluding hydrogens is 286 g/mol. The monoisotopic (exact) mass is 301 g/mol. The minimum absolute atomic E-state index is 0.0158. The van der Waals surface area contributed by atoms with Gasteiger partial charge in [-0.2, -0.15) is 0 Å². The van der Waals surface area contributed by atoms with Crippen LogP contribution in [-0.4, -0.2) is 18.0 Å². The first kappa shape index (κ1) is 15.5. The maximum absolute atomic E-state index is 11.5. The van der Waals surface area contributed by atoms with Gasteiger partial charge >= 0.3 is 5.97 Å². The van der Waals surface area contributed by atoms with Crippen molar-refractivity contribution in [2.24, 2.45) is 0 Å². The van der Waals surface area contributed by atoms with E-state index in [1.807, 2.05) is 0 Å². The lowest BCUT2D eigenvalue weighted by Gasteiger charge is -2.10. The number of rotatable bonds is 4. The number of esters is 1. The lowest BCUT2D eigenvalue weighted by atomic mass is 10.1. The highest BCUT2D eigenvalue weighted by molar-refractivity contribution is 5.91. The molecule has 0 radical (unpaired) electrons. The van der Waals surface area contributed by atoms with E-state index in [0.29, 0.717) is 22.6 Å². The number of hydrogen-bond donors (Lipinski definition) is 0. The van der Waals surface area contributed by atoms with E-state index in [1.165, 1.54) is 19.2 Å². The lowest BCUT2D eigenvalue weighted by molar-refractivity contribution is -0.384. The number of carbonyl (C=O) groups is 1. The normalized spacial score (nSPS) is 10.1. The molecule has 2 aromatic rings. The molecule has 114 valence electrons. The maximum atomic E-state index is 11.5. The van der Waals surface area contributed by atoms with Crippen LogP contribution in [0.15, 0.2) is 36.4 Å². The van der Waals surface area contributed by atoms with Crippen LogP contribution >= 0.6 is 0 Å². The largest absolute Gasteiger partial charge is 0.465 e. The molecule has 2 rings (SSSR count). The Kier molecular flexibility index (Phi) is 4.41. The number of benzene rings is 2. The Morgan fingerprint density at radius 3 is 2.36 bits per heavy atom. The Hall–Kier alpha value is -2.89. The van der Waals surface area contributed by atoms with Crippen LogP contribution in [-0.2, 0) is 4.74 Å². The third-order valence-corrected chi connectivity index (χ3v) is 3.20. The summed E-state index contributed by atoms with van der Waals surface area (Å²) in [6, 6.07) is 9.38. The summed E-state index contributed by atoms with van der Waals surface area (Å²) in [5, 5.41) is 10.7. The van der Waals surface area contributed by atoms with Crippen LogP contribution in [0, 0.1) is 24.0 Å². The number of nitro benzene ring substituents is 1. The van der Waals surface area contributed by atoms with Crippen LogP contribution in [0.4, 0.5) is 5.69 Å². The van der Waals surface area contributed by atoms with Crippen molar-refractivity contribution in [3.63, 3.8) is 0 Å². The Bertz CT molecular complexity index is 739. The molecule has 0 atom stereocenters. The average Bonchev–Trinajstić information content (AvgIpc) is 2.48. The van der Waals surface area contributed by atoms with Gasteiger partial charge in [0.2, 0.25) is 0 Å². The van der Waals surface area contributed by atoms with Gasteiger partial charge in [-0.05, 0) is 49.2 Å². The molecule has 0 aliphatic carbocycles. The molecule has 0 aliphatic heterocycles. The quantitative estimate of drug-likeness (QED) is 0.487. The number of hydrogen-bond acceptors (Lipinski definition) is 5. The van der Waals surface area contributed by atoms with E-state index in [9.17, 15) is 14.9 Å². The zero-order chi connectivity index (χ0) is 16.3. The summed E-state index contributed by atoms with van der Waals surface area (Å²) in [7, 11) is 1.33. The van der Waals surface area contributed by atoms with Gasteiger partial charge in [0.05, 0.1) is 17.6 Å². The smallest absolute Gasteiger partial charge is 0.338 e. The second kappa shape index (κ2) is 6.26. The number of nitro groups is 1. The van der Waals surface area contributed by atoms with E-state index in [-0.39, 0.29) is 5.69 Å². The molecule has 6 heteroatoms. The van der Waals surface area contributed by atoms with Crippen LogP contribution in [0.3, 0.4) is 0 Å². The molecule has 0 unspecified atom stereocenters. The van der Waals surface area contributed by atoms with E-state index >= 15 is 0 Å². The van der Waals surface area contributed by atoms with Gasteiger partial charge in [0, 0.05) is 12.1 Å². The highest BCUT2D eigenvalue weighted by Crippen LogP contribution is 2.29. The number of non-ortho nitro benzene ring substituents is 1. The van der Waals surface area contributed by atoms with Crippen LogP contribution in [0.1, 0.15) is 21.5 Å². The Morgan fingerprint density at radius 2 is 1.82 bits per heavy atom. The molecule has 22 heavy (non-hydrogen) atoms. The number of carbonyl (C=O) groups excluding carboxylic acids is 1. The third-order valence-electron chi connectivity index (χ3n) is 3.20. The van der Waals surface area contributed by atoms with Gasteiger partial charge in [-0.1, -0.05) is 0 Å². The van der Waals surface area contributed by atoms with Gasteiger partial charge in [-0.15, -0.1) is 0 Å². The van der Waals surface area contributed by atoms with Gasteiger partial charge in [0.25, 0.3) is 5.69 Å². The minimum atomic E-state index is -0.452. The van der Waals surface area contributed by atoms with Crippen molar-refractivity contribution in [1.82, 2.24) is 0 Å². The molecule has 0 heterocycles. The van der Waals surface area contributed by atoms with Crippen molar-refractivity contribution in [2.75, 3.05) is 7.11 Å². The van der Waals surface area contributed by atoms with Gasteiger partial charge in [0.1, 0.15) is 11.5 Å². The summed E-state index contributed by atoms with van der Waals surface area (Å²) in [5.41, 5.74) is 1.87. The number of aryl methyl sites for hydroxylation is 2. The van der Waals surface area contributed by atoms with Crippen LogP contribution in [0.25, 0.3) is 0 Å².